The zero-order chi connectivity index (χ0) is 15.1. The molecule has 0 unspecified atom stereocenters. The molecule has 0 saturated carbocycles. The second-order valence-corrected chi connectivity index (χ2v) is 6.89. The van der Waals surface area contributed by atoms with E-state index in [1.807, 2.05) is 51.3 Å². The van der Waals surface area contributed by atoms with Crippen molar-refractivity contribution in [3.63, 3.8) is 0 Å². The molecule has 0 spiro atoms. The van der Waals surface area contributed by atoms with E-state index in [-0.39, 0.29) is 11.2 Å². The lowest BCUT2D eigenvalue weighted by molar-refractivity contribution is 0.00578. The highest BCUT2D eigenvalue weighted by atomic mass is 32.1. The maximum absolute atomic E-state index is 6.01. The Morgan fingerprint density at radius 1 is 1.14 bits per heavy atom. The molecule has 0 atom stereocenters. The summed E-state index contributed by atoms with van der Waals surface area (Å²) < 4.78 is 12.0. The van der Waals surface area contributed by atoms with Crippen LogP contribution in [0, 0.1) is 0 Å². The Hall–Kier alpha value is -1.44. The molecular formula is C14H18BN3O2S. The lowest BCUT2D eigenvalue weighted by atomic mass is 9.84. The van der Waals surface area contributed by atoms with Gasteiger partial charge in [0.25, 0.3) is 0 Å². The van der Waals surface area contributed by atoms with Gasteiger partial charge in [0.05, 0.1) is 16.8 Å². The molecular weight excluding hydrogens is 285 g/mol. The van der Waals surface area contributed by atoms with E-state index in [4.69, 9.17) is 9.31 Å². The summed E-state index contributed by atoms with van der Waals surface area (Å²) in [5.74, 6) is 0.733. The molecule has 0 aromatic carbocycles. The molecule has 1 aliphatic rings. The van der Waals surface area contributed by atoms with Crippen molar-refractivity contribution in [1.82, 2.24) is 9.97 Å². The summed E-state index contributed by atoms with van der Waals surface area (Å²) in [6, 6.07) is 5.74. The van der Waals surface area contributed by atoms with E-state index in [1.54, 1.807) is 6.20 Å². The molecule has 3 rings (SSSR count). The van der Waals surface area contributed by atoms with Crippen LogP contribution in [0.2, 0.25) is 0 Å². The number of thiazole rings is 1. The Labute approximate surface area is 128 Å². The van der Waals surface area contributed by atoms with E-state index >= 15 is 0 Å². The van der Waals surface area contributed by atoms with Crippen LogP contribution in [-0.2, 0) is 9.31 Å². The number of anilines is 2. The Morgan fingerprint density at radius 3 is 2.48 bits per heavy atom. The van der Waals surface area contributed by atoms with E-state index in [1.165, 1.54) is 11.3 Å². The predicted molar refractivity (Wildman–Crippen MR) is 85.3 cm³/mol. The summed E-state index contributed by atoms with van der Waals surface area (Å²) in [7, 11) is -0.451. The largest absolute Gasteiger partial charge is 0.514 e. The quantitative estimate of drug-likeness (QED) is 0.883. The topological polar surface area (TPSA) is 56.3 Å². The van der Waals surface area contributed by atoms with Crippen LogP contribution in [0.5, 0.6) is 0 Å². The SMILES string of the molecule is CC1(C)OB(c2cccc(Nc3nccs3)n2)OC1(C)C. The number of hydrogen-bond donors (Lipinski definition) is 1. The maximum atomic E-state index is 6.01. The van der Waals surface area contributed by atoms with Gasteiger partial charge < -0.3 is 14.6 Å². The van der Waals surface area contributed by atoms with Crippen molar-refractivity contribution in [3.8, 4) is 0 Å². The van der Waals surface area contributed by atoms with Crippen molar-refractivity contribution >= 4 is 35.0 Å². The van der Waals surface area contributed by atoms with E-state index in [0.29, 0.717) is 0 Å². The fourth-order valence-electron chi connectivity index (χ4n) is 2.01. The van der Waals surface area contributed by atoms with Crippen molar-refractivity contribution in [1.29, 1.82) is 0 Å². The summed E-state index contributed by atoms with van der Waals surface area (Å²) in [6.45, 7) is 8.13. The molecule has 1 saturated heterocycles. The lowest BCUT2D eigenvalue weighted by Crippen LogP contribution is -2.41. The molecule has 1 N–H and O–H groups in total. The van der Waals surface area contributed by atoms with Gasteiger partial charge in [0.15, 0.2) is 5.13 Å². The zero-order valence-corrected chi connectivity index (χ0v) is 13.4. The molecule has 0 amide bonds. The van der Waals surface area contributed by atoms with Gasteiger partial charge in [-0.05, 0) is 39.8 Å². The van der Waals surface area contributed by atoms with Crippen molar-refractivity contribution in [2.45, 2.75) is 38.9 Å². The summed E-state index contributed by atoms with van der Waals surface area (Å²) in [5, 5.41) is 5.90. The molecule has 3 heterocycles. The molecule has 0 radical (unpaired) electrons. The lowest BCUT2D eigenvalue weighted by Gasteiger charge is -2.32. The van der Waals surface area contributed by atoms with Crippen LogP contribution >= 0.6 is 11.3 Å². The summed E-state index contributed by atoms with van der Waals surface area (Å²) in [5.41, 5.74) is 0.0334. The van der Waals surface area contributed by atoms with E-state index in [0.717, 1.165) is 16.5 Å². The van der Waals surface area contributed by atoms with Gasteiger partial charge in [0.1, 0.15) is 5.82 Å². The van der Waals surface area contributed by atoms with Gasteiger partial charge in [0.2, 0.25) is 0 Å². The van der Waals surface area contributed by atoms with Crippen LogP contribution < -0.4 is 10.9 Å². The highest BCUT2D eigenvalue weighted by Crippen LogP contribution is 2.36. The summed E-state index contributed by atoms with van der Waals surface area (Å²) in [6.07, 6.45) is 1.76. The van der Waals surface area contributed by atoms with Crippen LogP contribution in [0.3, 0.4) is 0 Å². The minimum atomic E-state index is -0.451. The average molecular weight is 303 g/mol. The van der Waals surface area contributed by atoms with Crippen molar-refractivity contribution in [3.05, 3.63) is 29.8 Å². The molecule has 21 heavy (non-hydrogen) atoms. The third-order valence-electron chi connectivity index (χ3n) is 3.93. The minimum Gasteiger partial charge on any atom is -0.398 e. The molecule has 2 aromatic heterocycles. The van der Waals surface area contributed by atoms with Crippen LogP contribution in [0.25, 0.3) is 0 Å². The fourth-order valence-corrected chi connectivity index (χ4v) is 2.55. The van der Waals surface area contributed by atoms with Gasteiger partial charge >= 0.3 is 7.12 Å². The number of rotatable bonds is 3. The highest BCUT2D eigenvalue weighted by Gasteiger charge is 2.52. The average Bonchev–Trinajstić information content (AvgIpc) is 2.97. The first kappa shape index (κ1) is 14.5. The Bertz CT molecular complexity index is 615. The molecule has 1 aliphatic heterocycles. The van der Waals surface area contributed by atoms with Crippen molar-refractivity contribution in [2.24, 2.45) is 0 Å². The first-order chi connectivity index (χ1) is 9.87. The molecule has 2 aromatic rings. The normalized spacial score (nSPS) is 19.7. The number of hydrogen-bond acceptors (Lipinski definition) is 6. The van der Waals surface area contributed by atoms with E-state index in [2.05, 4.69) is 15.3 Å². The number of pyridine rings is 1. The molecule has 5 nitrogen and oxygen atoms in total. The maximum Gasteiger partial charge on any atom is 0.514 e. The van der Waals surface area contributed by atoms with Gasteiger partial charge in [0, 0.05) is 11.6 Å². The third kappa shape index (κ3) is 2.81. The Balaban J connectivity index is 1.81. The van der Waals surface area contributed by atoms with Crippen molar-refractivity contribution < 1.29 is 9.31 Å². The van der Waals surface area contributed by atoms with Crippen LogP contribution in [0.15, 0.2) is 29.8 Å². The van der Waals surface area contributed by atoms with Crippen LogP contribution in [0.4, 0.5) is 10.9 Å². The molecule has 0 aliphatic carbocycles. The van der Waals surface area contributed by atoms with Crippen LogP contribution in [-0.4, -0.2) is 28.3 Å². The van der Waals surface area contributed by atoms with Gasteiger partial charge in [-0.2, -0.15) is 0 Å². The van der Waals surface area contributed by atoms with Crippen LogP contribution in [0.1, 0.15) is 27.7 Å². The standard InChI is InChI=1S/C14H18BN3O2S/c1-13(2)14(3,4)20-15(19-13)10-6-5-7-11(17-10)18-12-16-8-9-21-12/h5-9H,1-4H3,(H,16,17,18). The number of nitrogens with one attached hydrogen (secondary N) is 1. The fraction of sp³-hybridized carbons (Fsp3) is 0.429. The van der Waals surface area contributed by atoms with Gasteiger partial charge in [-0.3, -0.25) is 0 Å². The minimum absolute atomic E-state index is 0.363. The third-order valence-corrected chi connectivity index (χ3v) is 4.62. The van der Waals surface area contributed by atoms with Gasteiger partial charge in [-0.1, -0.05) is 6.07 Å². The molecule has 110 valence electrons. The Morgan fingerprint density at radius 2 is 1.86 bits per heavy atom. The number of aromatic nitrogens is 2. The first-order valence-electron chi connectivity index (χ1n) is 6.86. The second-order valence-electron chi connectivity index (χ2n) is 6.00. The van der Waals surface area contributed by atoms with Gasteiger partial charge in [-0.25, -0.2) is 9.97 Å². The predicted octanol–water partition coefficient (Wildman–Crippen LogP) is 2.58. The van der Waals surface area contributed by atoms with Gasteiger partial charge in [-0.15, -0.1) is 11.3 Å². The number of nitrogens with zero attached hydrogens (tertiary/aromatic N) is 2. The summed E-state index contributed by atoms with van der Waals surface area (Å²) >= 11 is 1.53. The van der Waals surface area contributed by atoms with Crippen molar-refractivity contribution in [2.75, 3.05) is 5.32 Å². The summed E-state index contributed by atoms with van der Waals surface area (Å²) in [4.78, 5) is 8.76. The monoisotopic (exact) mass is 303 g/mol. The molecule has 0 bridgehead atoms. The molecule has 7 heteroatoms. The van der Waals surface area contributed by atoms with E-state index in [9.17, 15) is 0 Å². The highest BCUT2D eigenvalue weighted by molar-refractivity contribution is 7.13. The smallest absolute Gasteiger partial charge is 0.398 e. The first-order valence-corrected chi connectivity index (χ1v) is 7.74. The molecule has 1 fully saturated rings. The van der Waals surface area contributed by atoms with E-state index < -0.39 is 7.12 Å². The second kappa shape index (κ2) is 5.08. The Kier molecular flexibility index (Phi) is 3.51. The zero-order valence-electron chi connectivity index (χ0n) is 12.6.